The summed E-state index contributed by atoms with van der Waals surface area (Å²) in [5, 5.41) is 3.07. The Balaban J connectivity index is 2.16. The van der Waals surface area contributed by atoms with Gasteiger partial charge in [-0.15, -0.1) is 0 Å². The van der Waals surface area contributed by atoms with Crippen LogP contribution in [-0.4, -0.2) is 25.2 Å². The third-order valence-corrected chi connectivity index (χ3v) is 4.93. The molecule has 0 spiro atoms. The lowest BCUT2D eigenvalue weighted by molar-refractivity contribution is -0.143. The van der Waals surface area contributed by atoms with Crippen molar-refractivity contribution in [3.05, 3.63) is 23.3 Å². The third-order valence-electron chi connectivity index (χ3n) is 4.93. The molecule has 24 heavy (non-hydrogen) atoms. The Morgan fingerprint density at radius 3 is 2.54 bits per heavy atom. The Hall–Kier alpha value is -1.55. The van der Waals surface area contributed by atoms with Gasteiger partial charge in [0.25, 0.3) is 5.91 Å². The van der Waals surface area contributed by atoms with E-state index in [2.05, 4.69) is 19.2 Å². The van der Waals surface area contributed by atoms with Crippen LogP contribution in [0.5, 0.6) is 5.75 Å². The molecule has 2 rings (SSSR count). The normalized spacial score (nSPS) is 23.8. The van der Waals surface area contributed by atoms with Crippen LogP contribution < -0.4 is 10.1 Å². The van der Waals surface area contributed by atoms with E-state index < -0.39 is 5.60 Å². The van der Waals surface area contributed by atoms with Crippen LogP contribution in [0.25, 0.3) is 0 Å². The number of anilines is 1. The van der Waals surface area contributed by atoms with Crippen molar-refractivity contribution in [1.29, 1.82) is 0 Å². The van der Waals surface area contributed by atoms with E-state index >= 15 is 0 Å². The van der Waals surface area contributed by atoms with Crippen LogP contribution in [0.1, 0.15) is 57.1 Å². The highest BCUT2D eigenvalue weighted by Gasteiger charge is 2.42. The van der Waals surface area contributed by atoms with Crippen molar-refractivity contribution in [2.45, 2.75) is 65.4 Å². The van der Waals surface area contributed by atoms with Crippen molar-refractivity contribution < 1.29 is 14.3 Å². The van der Waals surface area contributed by atoms with Gasteiger partial charge in [-0.05, 0) is 68.7 Å². The Kier molecular flexibility index (Phi) is 6.27. The average molecular weight is 333 g/mol. The highest BCUT2D eigenvalue weighted by atomic mass is 16.5. The summed E-state index contributed by atoms with van der Waals surface area (Å²) in [5.74, 6) is 1.40. The number of benzene rings is 1. The second-order valence-corrected chi connectivity index (χ2v) is 7.14. The molecule has 1 aliphatic carbocycles. The molecule has 2 atom stereocenters. The number of rotatable bonds is 6. The molecular formula is C20H31NO3. The highest BCUT2D eigenvalue weighted by Crippen LogP contribution is 2.36. The zero-order valence-corrected chi connectivity index (χ0v) is 15.7. The Bertz CT molecular complexity index is 561. The summed E-state index contributed by atoms with van der Waals surface area (Å²) in [5.41, 5.74) is 2.20. The smallest absolute Gasteiger partial charge is 0.256 e. The molecule has 1 fully saturated rings. The first-order valence-corrected chi connectivity index (χ1v) is 9.02. The maximum Gasteiger partial charge on any atom is 0.256 e. The number of hydrogen-bond acceptors (Lipinski definition) is 3. The quantitative estimate of drug-likeness (QED) is 0.826. The molecule has 0 aliphatic heterocycles. The molecule has 1 saturated carbocycles. The van der Waals surface area contributed by atoms with Gasteiger partial charge in [-0.2, -0.15) is 0 Å². The average Bonchev–Trinajstić information content (AvgIpc) is 2.54. The van der Waals surface area contributed by atoms with Crippen molar-refractivity contribution in [3.63, 3.8) is 0 Å². The molecule has 1 N–H and O–H groups in total. The molecule has 1 aromatic carbocycles. The van der Waals surface area contributed by atoms with Crippen LogP contribution >= 0.6 is 0 Å². The van der Waals surface area contributed by atoms with Gasteiger partial charge < -0.3 is 14.8 Å². The zero-order valence-electron chi connectivity index (χ0n) is 15.7. The molecule has 0 heterocycles. The number of nitrogens with one attached hydrogen (secondary N) is 1. The maximum atomic E-state index is 12.9. The third kappa shape index (κ3) is 4.10. The molecule has 0 saturated heterocycles. The van der Waals surface area contributed by atoms with E-state index in [-0.39, 0.29) is 5.91 Å². The fourth-order valence-electron chi connectivity index (χ4n) is 3.69. The number of carbonyl (C=O) groups is 1. The summed E-state index contributed by atoms with van der Waals surface area (Å²) in [6, 6.07) is 3.96. The van der Waals surface area contributed by atoms with E-state index in [0.29, 0.717) is 12.5 Å². The number of ether oxygens (including phenoxy) is 2. The van der Waals surface area contributed by atoms with E-state index in [1.54, 1.807) is 7.11 Å². The Morgan fingerprint density at radius 1 is 1.33 bits per heavy atom. The van der Waals surface area contributed by atoms with Crippen LogP contribution in [0.15, 0.2) is 12.1 Å². The molecule has 0 bridgehead atoms. The minimum atomic E-state index is -0.698. The summed E-state index contributed by atoms with van der Waals surface area (Å²) >= 11 is 0. The monoisotopic (exact) mass is 333 g/mol. The lowest BCUT2D eigenvalue weighted by atomic mass is 9.78. The largest absolute Gasteiger partial charge is 0.493 e. The number of hydrogen-bond donors (Lipinski definition) is 1. The molecule has 4 heteroatoms. The topological polar surface area (TPSA) is 47.6 Å². The first-order chi connectivity index (χ1) is 11.4. The Labute approximate surface area is 145 Å². The predicted molar refractivity (Wildman–Crippen MR) is 97.7 cm³/mol. The van der Waals surface area contributed by atoms with Gasteiger partial charge in [0.15, 0.2) is 0 Å². The van der Waals surface area contributed by atoms with Gasteiger partial charge in [-0.25, -0.2) is 0 Å². The fraction of sp³-hybridized carbons (Fsp3) is 0.650. The standard InChI is InChI=1S/C20H31NO3/c1-6-10-24-18-15(3)11-17(12-16(18)4)21-19(22)20(23-5)9-7-8-14(2)13-20/h11-12,14H,6-10,13H2,1-5H3,(H,21,22). The summed E-state index contributed by atoms with van der Waals surface area (Å²) in [4.78, 5) is 12.9. The molecule has 1 aliphatic rings. The summed E-state index contributed by atoms with van der Waals surface area (Å²) in [6.45, 7) is 9.02. The number of methoxy groups -OCH3 is 1. The number of amides is 1. The lowest BCUT2D eigenvalue weighted by Gasteiger charge is -2.37. The zero-order chi connectivity index (χ0) is 17.7. The molecule has 1 amide bonds. The predicted octanol–water partition coefficient (Wildman–Crippen LogP) is 4.63. The van der Waals surface area contributed by atoms with Crippen molar-refractivity contribution in [2.24, 2.45) is 5.92 Å². The molecule has 0 radical (unpaired) electrons. The second kappa shape index (κ2) is 8.02. The van der Waals surface area contributed by atoms with Crippen molar-refractivity contribution >= 4 is 11.6 Å². The van der Waals surface area contributed by atoms with Gasteiger partial charge in [0.2, 0.25) is 0 Å². The van der Waals surface area contributed by atoms with Crippen LogP contribution in [0.2, 0.25) is 0 Å². The SMILES string of the molecule is CCCOc1c(C)cc(NC(=O)C2(OC)CCCC(C)C2)cc1C. The van der Waals surface area contributed by atoms with Gasteiger partial charge in [-0.1, -0.05) is 20.3 Å². The van der Waals surface area contributed by atoms with Gasteiger partial charge >= 0.3 is 0 Å². The summed E-state index contributed by atoms with van der Waals surface area (Å²) in [7, 11) is 1.65. The summed E-state index contributed by atoms with van der Waals surface area (Å²) in [6.07, 6.45) is 4.75. The molecule has 4 nitrogen and oxygen atoms in total. The fourth-order valence-corrected chi connectivity index (χ4v) is 3.69. The molecular weight excluding hydrogens is 302 g/mol. The molecule has 0 aromatic heterocycles. The molecule has 1 aromatic rings. The first kappa shape index (κ1) is 18.8. The maximum absolute atomic E-state index is 12.9. The van der Waals surface area contributed by atoms with E-state index in [9.17, 15) is 4.79 Å². The van der Waals surface area contributed by atoms with Crippen molar-refractivity contribution in [2.75, 3.05) is 19.0 Å². The summed E-state index contributed by atoms with van der Waals surface area (Å²) < 4.78 is 11.5. The van der Waals surface area contributed by atoms with Gasteiger partial charge in [0.1, 0.15) is 11.4 Å². The molecule has 134 valence electrons. The minimum absolute atomic E-state index is 0.0300. The van der Waals surface area contributed by atoms with E-state index in [1.165, 1.54) is 6.42 Å². The van der Waals surface area contributed by atoms with Crippen LogP contribution in [0, 0.1) is 19.8 Å². The second-order valence-electron chi connectivity index (χ2n) is 7.14. The van der Waals surface area contributed by atoms with Gasteiger partial charge in [0, 0.05) is 12.8 Å². The highest BCUT2D eigenvalue weighted by molar-refractivity contribution is 5.97. The minimum Gasteiger partial charge on any atom is -0.493 e. The Morgan fingerprint density at radius 2 is 2.00 bits per heavy atom. The van der Waals surface area contributed by atoms with Crippen LogP contribution in [0.3, 0.4) is 0 Å². The van der Waals surface area contributed by atoms with Crippen LogP contribution in [-0.2, 0) is 9.53 Å². The van der Waals surface area contributed by atoms with E-state index in [0.717, 1.165) is 48.2 Å². The molecule has 2 unspecified atom stereocenters. The van der Waals surface area contributed by atoms with Gasteiger partial charge in [0.05, 0.1) is 6.61 Å². The van der Waals surface area contributed by atoms with Crippen LogP contribution in [0.4, 0.5) is 5.69 Å². The van der Waals surface area contributed by atoms with E-state index in [1.807, 2.05) is 26.0 Å². The van der Waals surface area contributed by atoms with Crippen molar-refractivity contribution in [3.8, 4) is 5.75 Å². The number of aryl methyl sites for hydroxylation is 2. The van der Waals surface area contributed by atoms with E-state index in [4.69, 9.17) is 9.47 Å². The first-order valence-electron chi connectivity index (χ1n) is 9.02. The van der Waals surface area contributed by atoms with Gasteiger partial charge in [-0.3, -0.25) is 4.79 Å². The lowest BCUT2D eigenvalue weighted by Crippen LogP contribution is -2.47. The van der Waals surface area contributed by atoms with Crippen molar-refractivity contribution in [1.82, 2.24) is 0 Å². The number of carbonyl (C=O) groups excluding carboxylic acids is 1.